The topological polar surface area (TPSA) is 95.5 Å². The van der Waals surface area contributed by atoms with Crippen molar-refractivity contribution in [2.24, 2.45) is 23.7 Å². The Hall–Kier alpha value is -3.90. The molecule has 3 aliphatic carbocycles. The molecular weight excluding hydrogens is 597 g/mol. The first-order valence-corrected chi connectivity index (χ1v) is 14.2. The van der Waals surface area contributed by atoms with Crippen LogP contribution in [0.1, 0.15) is 65.9 Å². The number of carboxylic acids is 1. The number of carboxylic acid groups (broad SMARTS) is 1. The van der Waals surface area contributed by atoms with Gasteiger partial charge in [-0.25, -0.2) is 9.18 Å². The van der Waals surface area contributed by atoms with Crippen molar-refractivity contribution in [2.75, 3.05) is 5.32 Å². The first kappa shape index (κ1) is 31.5. The van der Waals surface area contributed by atoms with Gasteiger partial charge in [0.05, 0.1) is 17.0 Å². The van der Waals surface area contributed by atoms with Crippen LogP contribution in [0.5, 0.6) is 0 Å². The van der Waals surface area contributed by atoms with Crippen molar-refractivity contribution in [1.82, 2.24) is 5.32 Å². The maximum atomic E-state index is 13.8. The van der Waals surface area contributed by atoms with Crippen LogP contribution in [0.25, 0.3) is 0 Å². The number of aromatic carboxylic acids is 1. The van der Waals surface area contributed by atoms with Gasteiger partial charge in [0.2, 0.25) is 11.8 Å². The normalized spacial score (nSPS) is 27.8. The predicted molar refractivity (Wildman–Crippen MR) is 144 cm³/mol. The van der Waals surface area contributed by atoms with E-state index in [4.69, 9.17) is 0 Å². The third kappa shape index (κ3) is 6.61. The van der Waals surface area contributed by atoms with Gasteiger partial charge in [-0.3, -0.25) is 9.59 Å². The molecule has 44 heavy (non-hydrogen) atoms. The minimum atomic E-state index is -5.04. The summed E-state index contributed by atoms with van der Waals surface area (Å²) in [6.45, 7) is 0. The first-order chi connectivity index (χ1) is 20.6. The molecule has 0 spiro atoms. The van der Waals surface area contributed by atoms with Gasteiger partial charge in [0.25, 0.3) is 0 Å². The molecule has 236 valence electrons. The Labute approximate surface area is 247 Å². The largest absolute Gasteiger partial charge is 0.478 e. The first-order valence-electron chi connectivity index (χ1n) is 14.2. The van der Waals surface area contributed by atoms with Crippen molar-refractivity contribution in [3.63, 3.8) is 0 Å². The molecular formula is C31H29F7N2O4. The summed E-state index contributed by atoms with van der Waals surface area (Å²) in [7, 11) is 0. The molecule has 5 rings (SSSR count). The van der Waals surface area contributed by atoms with Crippen LogP contribution >= 0.6 is 0 Å². The Balaban J connectivity index is 1.38. The molecule has 2 amide bonds. The lowest BCUT2D eigenvalue weighted by atomic mass is 9.77. The van der Waals surface area contributed by atoms with E-state index in [0.717, 1.165) is 11.6 Å². The number of hydrogen-bond acceptors (Lipinski definition) is 3. The Bertz CT molecular complexity index is 1490. The number of allylic oxidation sites excluding steroid dienone is 1. The van der Waals surface area contributed by atoms with Crippen LogP contribution in [0.3, 0.4) is 0 Å². The second-order valence-corrected chi connectivity index (χ2v) is 11.7. The Morgan fingerprint density at radius 2 is 1.61 bits per heavy atom. The average Bonchev–Trinajstić information content (AvgIpc) is 3.46. The number of nitrogens with one attached hydrogen (secondary N) is 2. The van der Waals surface area contributed by atoms with Gasteiger partial charge in [0, 0.05) is 29.6 Å². The fourth-order valence-electron chi connectivity index (χ4n) is 7.17. The summed E-state index contributed by atoms with van der Waals surface area (Å²) in [4.78, 5) is 38.4. The van der Waals surface area contributed by atoms with E-state index in [0.29, 0.717) is 37.8 Å². The van der Waals surface area contributed by atoms with Crippen LogP contribution in [-0.2, 0) is 15.8 Å². The molecule has 3 fully saturated rings. The fraction of sp³-hybridized carbons (Fsp3) is 0.452. The number of hydrogen-bond donors (Lipinski definition) is 3. The standard InChI is InChI=1S/C31H29F7N2O4/c32-24-10-7-19(13-23(24)31(36,37)38)39-28(42)25-20-8-9-21(22(20)14-30(33,34)35)26(25)40-27(41)17-5-1-3-15(11-17)16-4-2-6-18(12-16)29(43)44/h2,4,6-7,10,12-15,17,20-21,25-26H,1,3,5,8-9,11H2,(H,39,42)(H,40,41)(H,43,44)/t15-,17+,20-,21+,25-,26+/m0/s1. The molecule has 3 aliphatic rings. The molecule has 6 atom stereocenters. The van der Waals surface area contributed by atoms with Gasteiger partial charge in [-0.1, -0.05) is 24.1 Å². The highest BCUT2D eigenvalue weighted by Gasteiger charge is 2.56. The number of halogens is 7. The van der Waals surface area contributed by atoms with Crippen molar-refractivity contribution in [3.05, 3.63) is 76.6 Å². The van der Waals surface area contributed by atoms with Crippen molar-refractivity contribution >= 4 is 23.5 Å². The van der Waals surface area contributed by atoms with Crippen molar-refractivity contribution in [2.45, 2.75) is 62.8 Å². The maximum absolute atomic E-state index is 13.8. The number of benzene rings is 2. The Kier molecular flexibility index (Phi) is 8.52. The number of anilines is 1. The molecule has 2 aromatic carbocycles. The molecule has 0 aromatic heterocycles. The fourth-order valence-corrected chi connectivity index (χ4v) is 7.17. The van der Waals surface area contributed by atoms with E-state index < -0.39 is 71.2 Å². The molecule has 2 aromatic rings. The Morgan fingerprint density at radius 3 is 2.30 bits per heavy atom. The molecule has 0 radical (unpaired) electrons. The molecule has 0 saturated heterocycles. The summed E-state index contributed by atoms with van der Waals surface area (Å²) in [5.41, 5.74) is -1.15. The molecule has 3 N–H and O–H groups in total. The molecule has 2 bridgehead atoms. The molecule has 6 nitrogen and oxygen atoms in total. The smallest absolute Gasteiger partial charge is 0.419 e. The minimum absolute atomic E-state index is 0.0370. The van der Waals surface area contributed by atoms with Gasteiger partial charge in [-0.15, -0.1) is 0 Å². The average molecular weight is 627 g/mol. The van der Waals surface area contributed by atoms with Crippen LogP contribution < -0.4 is 10.6 Å². The number of carbonyl (C=O) groups excluding carboxylic acids is 2. The van der Waals surface area contributed by atoms with Crippen molar-refractivity contribution in [1.29, 1.82) is 0 Å². The summed E-state index contributed by atoms with van der Waals surface area (Å²) in [5, 5.41) is 14.5. The lowest BCUT2D eigenvalue weighted by Gasteiger charge is -2.34. The third-order valence-corrected chi connectivity index (χ3v) is 9.03. The van der Waals surface area contributed by atoms with E-state index in [9.17, 15) is 50.2 Å². The van der Waals surface area contributed by atoms with Gasteiger partial charge in [-0.05, 0) is 79.8 Å². The molecule has 13 heteroatoms. The van der Waals surface area contributed by atoms with Gasteiger partial charge >= 0.3 is 18.3 Å². The number of alkyl halides is 6. The van der Waals surface area contributed by atoms with E-state index in [-0.39, 0.29) is 41.7 Å². The minimum Gasteiger partial charge on any atom is -0.478 e. The second kappa shape index (κ2) is 11.9. The monoisotopic (exact) mass is 626 g/mol. The number of amides is 2. The summed E-state index contributed by atoms with van der Waals surface area (Å²) in [5.74, 6) is -7.52. The van der Waals surface area contributed by atoms with E-state index in [1.165, 1.54) is 6.07 Å². The zero-order valence-electron chi connectivity index (χ0n) is 23.1. The van der Waals surface area contributed by atoms with E-state index in [2.05, 4.69) is 10.6 Å². The van der Waals surface area contributed by atoms with Gasteiger partial charge < -0.3 is 15.7 Å². The number of carbonyl (C=O) groups is 3. The molecule has 0 heterocycles. The summed E-state index contributed by atoms with van der Waals surface area (Å²) < 4.78 is 93.9. The lowest BCUT2D eigenvalue weighted by molar-refractivity contribution is -0.140. The zero-order chi connectivity index (χ0) is 32.0. The van der Waals surface area contributed by atoms with E-state index >= 15 is 0 Å². The summed E-state index contributed by atoms with van der Waals surface area (Å²) >= 11 is 0. The van der Waals surface area contributed by atoms with E-state index in [1.54, 1.807) is 18.2 Å². The van der Waals surface area contributed by atoms with Crippen molar-refractivity contribution in [3.8, 4) is 0 Å². The van der Waals surface area contributed by atoms with Crippen molar-refractivity contribution < 1.29 is 50.2 Å². The van der Waals surface area contributed by atoms with Crippen LogP contribution in [0, 0.1) is 29.5 Å². The zero-order valence-corrected chi connectivity index (χ0v) is 23.1. The number of fused-ring (bicyclic) bond motifs is 2. The lowest BCUT2D eigenvalue weighted by Crippen LogP contribution is -2.50. The number of rotatable bonds is 6. The van der Waals surface area contributed by atoms with Crippen LogP contribution in [0.2, 0.25) is 0 Å². The third-order valence-electron chi connectivity index (χ3n) is 9.03. The molecule has 3 saturated carbocycles. The highest BCUT2D eigenvalue weighted by atomic mass is 19.4. The van der Waals surface area contributed by atoms with Gasteiger partial charge in [0.15, 0.2) is 0 Å². The van der Waals surface area contributed by atoms with Crippen LogP contribution in [0.15, 0.2) is 54.1 Å². The maximum Gasteiger partial charge on any atom is 0.419 e. The Morgan fingerprint density at radius 1 is 0.886 bits per heavy atom. The SMILES string of the molecule is O=C(O)c1cccc([C@H]2CCC[C@@H](C(=O)N[C@H]3[C@@H](C(=O)Nc4ccc(F)c(C(F)(F)F)c4)[C@H]4CC[C@@H]3C4=CC(F)(F)F)C2)c1. The molecule has 0 aliphatic heterocycles. The van der Waals surface area contributed by atoms with Gasteiger partial charge in [-0.2, -0.15) is 26.3 Å². The second-order valence-electron chi connectivity index (χ2n) is 11.7. The van der Waals surface area contributed by atoms with Crippen LogP contribution in [-0.4, -0.2) is 35.1 Å². The van der Waals surface area contributed by atoms with E-state index in [1.807, 2.05) is 0 Å². The molecule has 0 unspecified atom stereocenters. The predicted octanol–water partition coefficient (Wildman–Crippen LogP) is 7.08. The van der Waals surface area contributed by atoms with Gasteiger partial charge in [0.1, 0.15) is 5.82 Å². The van der Waals surface area contributed by atoms with Crippen LogP contribution in [0.4, 0.5) is 36.4 Å². The quantitative estimate of drug-likeness (QED) is 0.236. The highest BCUT2D eigenvalue weighted by Crippen LogP contribution is 2.54. The summed E-state index contributed by atoms with van der Waals surface area (Å²) in [6.07, 6.45) is -6.86. The summed E-state index contributed by atoms with van der Waals surface area (Å²) in [6, 6.07) is 7.26. The highest BCUT2D eigenvalue weighted by molar-refractivity contribution is 5.95.